The zero-order valence-electron chi connectivity index (χ0n) is 10.8. The third-order valence-corrected chi connectivity index (χ3v) is 3.79. The number of hydrogen-bond donors (Lipinski definition) is 1. The highest BCUT2D eigenvalue weighted by Gasteiger charge is 2.30. The summed E-state index contributed by atoms with van der Waals surface area (Å²) in [6.45, 7) is 1.46. The highest BCUT2D eigenvalue weighted by Crippen LogP contribution is 2.36. The molecular formula is C14H18N2O3. The van der Waals surface area contributed by atoms with Gasteiger partial charge in [0.2, 0.25) is 6.79 Å². The monoisotopic (exact) mass is 262 g/mol. The number of fused-ring (bicyclic) bond motifs is 1. The van der Waals surface area contributed by atoms with Gasteiger partial charge in [0.15, 0.2) is 11.5 Å². The maximum Gasteiger partial charge on any atom is 0.258 e. The topological polar surface area (TPSA) is 64.8 Å². The minimum absolute atomic E-state index is 0.00231. The van der Waals surface area contributed by atoms with E-state index in [2.05, 4.69) is 0 Å². The molecule has 0 radical (unpaired) electrons. The van der Waals surface area contributed by atoms with Crippen LogP contribution in [0.15, 0.2) is 18.2 Å². The van der Waals surface area contributed by atoms with Crippen molar-refractivity contribution in [1.29, 1.82) is 0 Å². The maximum absolute atomic E-state index is 12.7. The van der Waals surface area contributed by atoms with E-state index in [1.165, 1.54) is 0 Å². The van der Waals surface area contributed by atoms with Gasteiger partial charge < -0.3 is 20.1 Å². The van der Waals surface area contributed by atoms with E-state index in [0.29, 0.717) is 23.6 Å². The van der Waals surface area contributed by atoms with Crippen molar-refractivity contribution in [3.63, 3.8) is 0 Å². The molecule has 2 aliphatic rings. The first-order valence-corrected chi connectivity index (χ1v) is 6.71. The quantitative estimate of drug-likeness (QED) is 0.874. The van der Waals surface area contributed by atoms with Crippen molar-refractivity contribution in [3.8, 4) is 11.5 Å². The lowest BCUT2D eigenvalue weighted by molar-refractivity contribution is 0.0619. The zero-order valence-corrected chi connectivity index (χ0v) is 10.8. The highest BCUT2D eigenvalue weighted by atomic mass is 16.7. The predicted octanol–water partition coefficient (Wildman–Crippen LogP) is 1.37. The predicted molar refractivity (Wildman–Crippen MR) is 70.3 cm³/mol. The molecule has 1 aromatic carbocycles. The molecule has 3 rings (SSSR count). The SMILES string of the molecule is NC[C@H]1CCCCN1C(=O)c1cccc2c1OCO2. The molecular weight excluding hydrogens is 244 g/mol. The molecule has 19 heavy (non-hydrogen) atoms. The normalized spacial score (nSPS) is 21.5. The van der Waals surface area contributed by atoms with Crippen molar-refractivity contribution in [1.82, 2.24) is 4.90 Å². The summed E-state index contributed by atoms with van der Waals surface area (Å²) in [5, 5.41) is 0. The summed E-state index contributed by atoms with van der Waals surface area (Å²) in [5.74, 6) is 1.21. The fraction of sp³-hybridized carbons (Fsp3) is 0.500. The van der Waals surface area contributed by atoms with Crippen LogP contribution in [0.1, 0.15) is 29.6 Å². The van der Waals surface area contributed by atoms with Gasteiger partial charge in [-0.2, -0.15) is 0 Å². The van der Waals surface area contributed by atoms with Gasteiger partial charge in [0.05, 0.1) is 5.56 Å². The van der Waals surface area contributed by atoms with Crippen LogP contribution in [-0.4, -0.2) is 36.7 Å². The minimum Gasteiger partial charge on any atom is -0.454 e. The third kappa shape index (κ3) is 2.14. The Labute approximate surface area is 112 Å². The molecule has 0 saturated carbocycles. The Balaban J connectivity index is 1.89. The minimum atomic E-state index is -0.00231. The number of hydrogen-bond acceptors (Lipinski definition) is 4. The molecule has 0 aromatic heterocycles. The number of benzene rings is 1. The van der Waals surface area contributed by atoms with Crippen molar-refractivity contribution in [2.24, 2.45) is 5.73 Å². The molecule has 0 unspecified atom stereocenters. The van der Waals surface area contributed by atoms with E-state index in [1.807, 2.05) is 17.0 Å². The Morgan fingerprint density at radius 2 is 2.26 bits per heavy atom. The van der Waals surface area contributed by atoms with Crippen molar-refractivity contribution >= 4 is 5.91 Å². The molecule has 1 aromatic rings. The summed E-state index contributed by atoms with van der Waals surface area (Å²) in [5.41, 5.74) is 6.35. The van der Waals surface area contributed by atoms with E-state index in [1.54, 1.807) is 6.07 Å². The fourth-order valence-corrected chi connectivity index (χ4v) is 2.77. The Hall–Kier alpha value is -1.75. The van der Waals surface area contributed by atoms with Gasteiger partial charge in [-0.15, -0.1) is 0 Å². The van der Waals surface area contributed by atoms with Crippen molar-refractivity contribution in [2.75, 3.05) is 19.9 Å². The van der Waals surface area contributed by atoms with Gasteiger partial charge in [-0.3, -0.25) is 4.79 Å². The number of nitrogens with two attached hydrogens (primary N) is 1. The zero-order chi connectivity index (χ0) is 13.2. The summed E-state index contributed by atoms with van der Waals surface area (Å²) in [6.07, 6.45) is 3.15. The van der Waals surface area contributed by atoms with Crippen LogP contribution in [0.3, 0.4) is 0 Å². The molecule has 1 saturated heterocycles. The number of amides is 1. The molecule has 1 amide bonds. The second-order valence-electron chi connectivity index (χ2n) is 4.92. The van der Waals surface area contributed by atoms with Crippen molar-refractivity contribution in [2.45, 2.75) is 25.3 Å². The van der Waals surface area contributed by atoms with Crippen molar-refractivity contribution < 1.29 is 14.3 Å². The summed E-state index contributed by atoms with van der Waals surface area (Å²) in [7, 11) is 0. The number of nitrogens with zero attached hydrogens (tertiary/aromatic N) is 1. The van der Waals surface area contributed by atoms with E-state index in [0.717, 1.165) is 25.8 Å². The van der Waals surface area contributed by atoms with Crippen LogP contribution in [0.2, 0.25) is 0 Å². The summed E-state index contributed by atoms with van der Waals surface area (Å²) in [4.78, 5) is 14.5. The maximum atomic E-state index is 12.7. The molecule has 1 atom stereocenters. The first kappa shape index (κ1) is 12.3. The van der Waals surface area contributed by atoms with Crippen LogP contribution < -0.4 is 15.2 Å². The van der Waals surface area contributed by atoms with Crippen LogP contribution in [0.25, 0.3) is 0 Å². The first-order valence-electron chi connectivity index (χ1n) is 6.71. The number of carbonyl (C=O) groups is 1. The van der Waals surface area contributed by atoms with Crippen LogP contribution in [-0.2, 0) is 0 Å². The molecule has 0 bridgehead atoms. The lowest BCUT2D eigenvalue weighted by Gasteiger charge is -2.35. The fourth-order valence-electron chi connectivity index (χ4n) is 2.77. The second-order valence-corrected chi connectivity index (χ2v) is 4.92. The van der Waals surface area contributed by atoms with Crippen LogP contribution in [0.4, 0.5) is 0 Å². The Kier molecular flexibility index (Phi) is 3.29. The van der Waals surface area contributed by atoms with Gasteiger partial charge in [-0.05, 0) is 31.4 Å². The summed E-state index contributed by atoms with van der Waals surface area (Å²) >= 11 is 0. The van der Waals surface area contributed by atoms with Gasteiger partial charge in [0, 0.05) is 19.1 Å². The highest BCUT2D eigenvalue weighted by molar-refractivity contribution is 5.98. The van der Waals surface area contributed by atoms with E-state index in [-0.39, 0.29) is 18.7 Å². The van der Waals surface area contributed by atoms with Gasteiger partial charge in [-0.1, -0.05) is 6.07 Å². The largest absolute Gasteiger partial charge is 0.454 e. The Morgan fingerprint density at radius 1 is 1.37 bits per heavy atom. The van der Waals surface area contributed by atoms with Crippen LogP contribution in [0.5, 0.6) is 11.5 Å². The van der Waals surface area contributed by atoms with E-state index in [9.17, 15) is 4.79 Å². The summed E-state index contributed by atoms with van der Waals surface area (Å²) in [6, 6.07) is 5.56. The second kappa shape index (κ2) is 5.09. The lowest BCUT2D eigenvalue weighted by Crippen LogP contribution is -2.47. The number of likely N-dealkylation sites (tertiary alicyclic amines) is 1. The number of ether oxygens (including phenoxy) is 2. The molecule has 102 valence electrons. The van der Waals surface area contributed by atoms with Crippen molar-refractivity contribution in [3.05, 3.63) is 23.8 Å². The molecule has 2 aliphatic heterocycles. The van der Waals surface area contributed by atoms with Crippen LogP contribution in [0, 0.1) is 0 Å². The molecule has 5 heteroatoms. The third-order valence-electron chi connectivity index (χ3n) is 3.79. The van der Waals surface area contributed by atoms with Gasteiger partial charge in [0.1, 0.15) is 0 Å². The number of carbonyl (C=O) groups excluding carboxylic acids is 1. The molecule has 0 aliphatic carbocycles. The first-order chi connectivity index (χ1) is 9.31. The smallest absolute Gasteiger partial charge is 0.258 e. The van der Waals surface area contributed by atoms with Gasteiger partial charge in [-0.25, -0.2) is 0 Å². The average Bonchev–Trinajstić information content (AvgIpc) is 2.94. The van der Waals surface area contributed by atoms with E-state index >= 15 is 0 Å². The molecule has 0 spiro atoms. The number of para-hydroxylation sites is 1. The molecule has 2 heterocycles. The van der Waals surface area contributed by atoms with E-state index in [4.69, 9.17) is 15.2 Å². The van der Waals surface area contributed by atoms with Gasteiger partial charge in [0.25, 0.3) is 5.91 Å². The molecule has 2 N–H and O–H groups in total. The van der Waals surface area contributed by atoms with Gasteiger partial charge >= 0.3 is 0 Å². The summed E-state index contributed by atoms with van der Waals surface area (Å²) < 4.78 is 10.7. The number of piperidine rings is 1. The average molecular weight is 262 g/mol. The molecule has 1 fully saturated rings. The number of rotatable bonds is 2. The van der Waals surface area contributed by atoms with Crippen LogP contribution >= 0.6 is 0 Å². The Morgan fingerprint density at radius 3 is 3.11 bits per heavy atom. The van der Waals surface area contributed by atoms with E-state index < -0.39 is 0 Å². The standard InChI is InChI=1S/C14H18N2O3/c15-8-10-4-1-2-7-16(10)14(17)11-5-3-6-12-13(11)19-9-18-12/h3,5-6,10H,1-2,4,7-9,15H2/t10-/m1/s1. The lowest BCUT2D eigenvalue weighted by atomic mass is 10.0. The molecule has 5 nitrogen and oxygen atoms in total. The Bertz CT molecular complexity index is 490.